The average Bonchev–Trinajstić information content (AvgIpc) is 2.65. The second kappa shape index (κ2) is 7.75. The molecule has 0 aliphatic heterocycles. The van der Waals surface area contributed by atoms with Crippen molar-refractivity contribution in [1.82, 2.24) is 9.97 Å². The van der Waals surface area contributed by atoms with Crippen LogP contribution in [0.5, 0.6) is 11.5 Å². The first-order valence-corrected chi connectivity index (χ1v) is 8.55. The van der Waals surface area contributed by atoms with E-state index in [1.54, 1.807) is 0 Å². The second-order valence-corrected chi connectivity index (χ2v) is 5.65. The minimum atomic E-state index is 0.547. The highest BCUT2D eigenvalue weighted by Crippen LogP contribution is 2.35. The van der Waals surface area contributed by atoms with E-state index in [2.05, 4.69) is 21.2 Å². The molecule has 5 heteroatoms. The molecule has 2 aromatic carbocycles. The number of aromatic nitrogens is 2. The van der Waals surface area contributed by atoms with E-state index in [4.69, 9.17) is 15.9 Å². The number of rotatable bonds is 6. The molecule has 1 heterocycles. The lowest BCUT2D eigenvalue weighted by molar-refractivity contribution is 0.288. The van der Waals surface area contributed by atoms with Gasteiger partial charge in [0.25, 0.3) is 0 Å². The maximum absolute atomic E-state index is 5.73. The van der Waals surface area contributed by atoms with Gasteiger partial charge in [-0.3, -0.25) is 0 Å². The quantitative estimate of drug-likeness (QED) is 0.667. The van der Waals surface area contributed by atoms with Crippen LogP contribution < -0.4 is 14.8 Å². The smallest absolute Gasteiger partial charge is 0.163 e. The van der Waals surface area contributed by atoms with E-state index < -0.39 is 0 Å². The van der Waals surface area contributed by atoms with Gasteiger partial charge < -0.3 is 14.8 Å². The van der Waals surface area contributed by atoms with E-state index in [-0.39, 0.29) is 0 Å². The molecular formula is C21H21N3O2. The summed E-state index contributed by atoms with van der Waals surface area (Å²) in [4.78, 5) is 8.77. The zero-order chi connectivity index (χ0) is 18.5. The molecule has 0 aliphatic carbocycles. The van der Waals surface area contributed by atoms with Gasteiger partial charge >= 0.3 is 0 Å². The maximum atomic E-state index is 5.73. The Balaban J connectivity index is 2.09. The van der Waals surface area contributed by atoms with E-state index >= 15 is 0 Å². The zero-order valence-electron chi connectivity index (χ0n) is 15.2. The van der Waals surface area contributed by atoms with Gasteiger partial charge in [-0.15, -0.1) is 6.42 Å². The van der Waals surface area contributed by atoms with E-state index in [1.807, 2.05) is 51.1 Å². The van der Waals surface area contributed by atoms with Crippen LogP contribution in [0.3, 0.4) is 0 Å². The van der Waals surface area contributed by atoms with Crippen LogP contribution in [0.25, 0.3) is 10.9 Å². The summed E-state index contributed by atoms with van der Waals surface area (Å²) in [7, 11) is 0. The first kappa shape index (κ1) is 17.6. The maximum Gasteiger partial charge on any atom is 0.163 e. The van der Waals surface area contributed by atoms with Crippen molar-refractivity contribution in [3.63, 3.8) is 0 Å². The minimum absolute atomic E-state index is 0.547. The zero-order valence-corrected chi connectivity index (χ0v) is 15.2. The lowest BCUT2D eigenvalue weighted by Gasteiger charge is -2.15. The summed E-state index contributed by atoms with van der Waals surface area (Å²) in [5.41, 5.74) is 3.53. The Kier molecular flexibility index (Phi) is 5.23. The number of fused-ring (bicyclic) bond motifs is 1. The molecule has 0 fully saturated rings. The normalized spacial score (nSPS) is 10.4. The Morgan fingerprint density at radius 2 is 1.81 bits per heavy atom. The Morgan fingerprint density at radius 3 is 2.50 bits per heavy atom. The second-order valence-electron chi connectivity index (χ2n) is 5.65. The van der Waals surface area contributed by atoms with Crippen molar-refractivity contribution >= 4 is 22.4 Å². The molecule has 3 aromatic rings. The Morgan fingerprint density at radius 1 is 1.08 bits per heavy atom. The van der Waals surface area contributed by atoms with Crippen molar-refractivity contribution in [2.24, 2.45) is 0 Å². The van der Waals surface area contributed by atoms with E-state index in [9.17, 15) is 0 Å². The van der Waals surface area contributed by atoms with Crippen LogP contribution in [0.15, 0.2) is 36.7 Å². The molecule has 132 valence electrons. The van der Waals surface area contributed by atoms with Crippen LogP contribution in [0, 0.1) is 19.3 Å². The summed E-state index contributed by atoms with van der Waals surface area (Å²) in [5.74, 6) is 4.74. The number of nitrogens with zero attached hydrogens (tertiary/aromatic N) is 2. The van der Waals surface area contributed by atoms with Gasteiger partial charge in [-0.2, -0.15) is 0 Å². The van der Waals surface area contributed by atoms with Crippen LogP contribution in [0.4, 0.5) is 11.5 Å². The van der Waals surface area contributed by atoms with Gasteiger partial charge in [-0.1, -0.05) is 12.0 Å². The molecular weight excluding hydrogens is 326 g/mol. The number of terminal acetylenes is 1. The van der Waals surface area contributed by atoms with Gasteiger partial charge in [-0.25, -0.2) is 9.97 Å². The SMILES string of the molecule is C#Cc1cccc(Nc2ncnc3cc(OCC)c(OCC)cc23)c1C. The van der Waals surface area contributed by atoms with Crippen LogP contribution in [0.2, 0.25) is 0 Å². The van der Waals surface area contributed by atoms with Gasteiger partial charge in [0.15, 0.2) is 11.5 Å². The number of hydrogen-bond donors (Lipinski definition) is 1. The fourth-order valence-electron chi connectivity index (χ4n) is 2.76. The van der Waals surface area contributed by atoms with Gasteiger partial charge in [0.05, 0.1) is 18.7 Å². The molecule has 0 radical (unpaired) electrons. The Hall–Kier alpha value is -3.26. The summed E-state index contributed by atoms with van der Waals surface area (Å²) in [5, 5.41) is 4.22. The van der Waals surface area contributed by atoms with Gasteiger partial charge in [-0.05, 0) is 44.5 Å². The third kappa shape index (κ3) is 3.40. The minimum Gasteiger partial charge on any atom is -0.490 e. The van der Waals surface area contributed by atoms with Gasteiger partial charge in [0.1, 0.15) is 12.1 Å². The topological polar surface area (TPSA) is 56.3 Å². The van der Waals surface area contributed by atoms with Crippen molar-refractivity contribution in [2.45, 2.75) is 20.8 Å². The van der Waals surface area contributed by atoms with E-state index in [1.165, 1.54) is 6.33 Å². The molecule has 5 nitrogen and oxygen atoms in total. The van der Waals surface area contributed by atoms with Gasteiger partial charge in [0.2, 0.25) is 0 Å². The van der Waals surface area contributed by atoms with Crippen molar-refractivity contribution in [3.05, 3.63) is 47.8 Å². The first-order valence-electron chi connectivity index (χ1n) is 8.55. The molecule has 0 bridgehead atoms. The van der Waals surface area contributed by atoms with E-state index in [0.29, 0.717) is 30.5 Å². The molecule has 3 rings (SSSR count). The molecule has 0 aliphatic rings. The predicted molar refractivity (Wildman–Crippen MR) is 104 cm³/mol. The first-order chi connectivity index (χ1) is 12.7. The molecule has 1 aromatic heterocycles. The summed E-state index contributed by atoms with van der Waals surface area (Å²) in [6, 6.07) is 9.60. The average molecular weight is 347 g/mol. The largest absolute Gasteiger partial charge is 0.490 e. The molecule has 0 spiro atoms. The number of anilines is 2. The van der Waals surface area contributed by atoms with Crippen molar-refractivity contribution in [3.8, 4) is 23.8 Å². The van der Waals surface area contributed by atoms with E-state index in [0.717, 1.165) is 27.7 Å². The fraction of sp³-hybridized carbons (Fsp3) is 0.238. The van der Waals surface area contributed by atoms with Crippen LogP contribution in [-0.2, 0) is 0 Å². The predicted octanol–water partition coefficient (Wildman–Crippen LogP) is 4.46. The van der Waals surface area contributed by atoms with Crippen LogP contribution in [-0.4, -0.2) is 23.2 Å². The summed E-state index contributed by atoms with van der Waals surface area (Å²) in [6.07, 6.45) is 7.10. The highest BCUT2D eigenvalue weighted by Gasteiger charge is 2.13. The van der Waals surface area contributed by atoms with Crippen molar-refractivity contribution < 1.29 is 9.47 Å². The molecule has 0 unspecified atom stereocenters. The Labute approximate surface area is 153 Å². The summed E-state index contributed by atoms with van der Waals surface area (Å²) >= 11 is 0. The molecule has 26 heavy (non-hydrogen) atoms. The fourth-order valence-corrected chi connectivity index (χ4v) is 2.76. The monoisotopic (exact) mass is 347 g/mol. The van der Waals surface area contributed by atoms with Gasteiger partial charge in [0, 0.05) is 22.7 Å². The Bertz CT molecular complexity index is 977. The third-order valence-corrected chi connectivity index (χ3v) is 4.04. The molecule has 1 N–H and O–H groups in total. The number of ether oxygens (including phenoxy) is 2. The van der Waals surface area contributed by atoms with Crippen LogP contribution in [0.1, 0.15) is 25.0 Å². The lowest BCUT2D eigenvalue weighted by atomic mass is 10.1. The number of nitrogens with one attached hydrogen (secondary N) is 1. The van der Waals surface area contributed by atoms with Crippen molar-refractivity contribution in [2.75, 3.05) is 18.5 Å². The highest BCUT2D eigenvalue weighted by atomic mass is 16.5. The molecule has 0 atom stereocenters. The molecule has 0 saturated heterocycles. The lowest BCUT2D eigenvalue weighted by Crippen LogP contribution is -2.02. The molecule has 0 amide bonds. The number of hydrogen-bond acceptors (Lipinski definition) is 5. The van der Waals surface area contributed by atoms with Crippen LogP contribution >= 0.6 is 0 Å². The standard InChI is InChI=1S/C21H21N3O2/c1-5-15-9-8-10-17(14(15)4)24-21-16-11-19(25-6-2)20(26-7-3)12-18(16)22-13-23-21/h1,8-13H,6-7H2,2-4H3,(H,22,23,24). The summed E-state index contributed by atoms with van der Waals surface area (Å²) < 4.78 is 11.4. The summed E-state index contributed by atoms with van der Waals surface area (Å²) in [6.45, 7) is 6.97. The van der Waals surface area contributed by atoms with Crippen molar-refractivity contribution in [1.29, 1.82) is 0 Å². The number of benzene rings is 2. The highest BCUT2D eigenvalue weighted by molar-refractivity contribution is 5.93. The third-order valence-electron chi connectivity index (χ3n) is 4.04. The molecule has 0 saturated carbocycles.